The van der Waals surface area contributed by atoms with Gasteiger partial charge in [-0.15, -0.1) is 0 Å². The molecule has 0 spiro atoms. The van der Waals surface area contributed by atoms with Gasteiger partial charge in [0.15, 0.2) is 0 Å². The van der Waals surface area contributed by atoms with Gasteiger partial charge in [0.25, 0.3) is 0 Å². The summed E-state index contributed by atoms with van der Waals surface area (Å²) in [6.07, 6.45) is 6.05. The second-order valence-corrected chi connectivity index (χ2v) is 6.58. The molecule has 0 radical (unpaired) electrons. The van der Waals surface area contributed by atoms with Crippen molar-refractivity contribution in [3.63, 3.8) is 0 Å². The molecule has 0 saturated heterocycles. The highest BCUT2D eigenvalue weighted by molar-refractivity contribution is 5.38. The Labute approximate surface area is 138 Å². The Kier molecular flexibility index (Phi) is 3.78. The van der Waals surface area contributed by atoms with Gasteiger partial charge in [-0.3, -0.25) is 0 Å². The fourth-order valence-corrected chi connectivity index (χ4v) is 3.99. The standard InChI is InChI=1S/C22H23N/c1-17(18-9-4-2-5-10-18)23-16-15-20-13-8-14-21(22(20)23)19-11-6-3-7-12-19/h2-7,9-12,15-17,21H,8,13-14H2,1H3/t17-,21-/m0/s1. The van der Waals surface area contributed by atoms with Gasteiger partial charge < -0.3 is 4.57 Å². The average molecular weight is 301 g/mol. The number of hydrogen-bond acceptors (Lipinski definition) is 0. The van der Waals surface area contributed by atoms with Crippen LogP contribution < -0.4 is 0 Å². The molecule has 2 aromatic carbocycles. The van der Waals surface area contributed by atoms with E-state index in [0.29, 0.717) is 12.0 Å². The van der Waals surface area contributed by atoms with Gasteiger partial charge in [-0.1, -0.05) is 60.7 Å². The Morgan fingerprint density at radius 2 is 1.61 bits per heavy atom. The monoisotopic (exact) mass is 301 g/mol. The van der Waals surface area contributed by atoms with Crippen LogP contribution in [0.2, 0.25) is 0 Å². The molecule has 3 aromatic rings. The summed E-state index contributed by atoms with van der Waals surface area (Å²) in [5, 5.41) is 0. The lowest BCUT2D eigenvalue weighted by atomic mass is 9.83. The van der Waals surface area contributed by atoms with Gasteiger partial charge in [0.2, 0.25) is 0 Å². The lowest BCUT2D eigenvalue weighted by Gasteiger charge is -2.28. The summed E-state index contributed by atoms with van der Waals surface area (Å²) in [5.41, 5.74) is 5.89. The third-order valence-electron chi connectivity index (χ3n) is 5.21. The van der Waals surface area contributed by atoms with Crippen molar-refractivity contribution in [2.45, 2.75) is 38.1 Å². The highest BCUT2D eigenvalue weighted by Gasteiger charge is 2.26. The van der Waals surface area contributed by atoms with E-state index in [1.165, 1.54) is 41.6 Å². The van der Waals surface area contributed by atoms with Gasteiger partial charge in [-0.25, -0.2) is 0 Å². The summed E-state index contributed by atoms with van der Waals surface area (Å²) in [7, 11) is 0. The molecule has 1 heterocycles. The van der Waals surface area contributed by atoms with Crippen LogP contribution in [0.1, 0.15) is 54.1 Å². The third-order valence-corrected chi connectivity index (χ3v) is 5.21. The second kappa shape index (κ2) is 6.08. The average Bonchev–Trinajstić information content (AvgIpc) is 3.07. The van der Waals surface area contributed by atoms with Crippen molar-refractivity contribution in [2.75, 3.05) is 0 Å². The zero-order chi connectivity index (χ0) is 15.6. The van der Waals surface area contributed by atoms with Crippen LogP contribution in [-0.2, 0) is 6.42 Å². The highest BCUT2D eigenvalue weighted by Crippen LogP contribution is 2.39. The number of rotatable bonds is 3. The lowest BCUT2D eigenvalue weighted by Crippen LogP contribution is -2.17. The van der Waals surface area contributed by atoms with E-state index in [9.17, 15) is 0 Å². The zero-order valence-corrected chi connectivity index (χ0v) is 13.7. The van der Waals surface area contributed by atoms with Crippen molar-refractivity contribution in [1.82, 2.24) is 4.57 Å². The zero-order valence-electron chi connectivity index (χ0n) is 13.7. The molecule has 0 bridgehead atoms. The molecule has 1 heteroatoms. The molecule has 116 valence electrons. The predicted octanol–water partition coefficient (Wildman–Crippen LogP) is 5.57. The van der Waals surface area contributed by atoms with Gasteiger partial charge in [0, 0.05) is 17.8 Å². The van der Waals surface area contributed by atoms with E-state index in [0.717, 1.165) is 0 Å². The summed E-state index contributed by atoms with van der Waals surface area (Å²) in [6.45, 7) is 2.31. The van der Waals surface area contributed by atoms with Crippen LogP contribution in [0, 0.1) is 0 Å². The van der Waals surface area contributed by atoms with E-state index in [1.54, 1.807) is 0 Å². The van der Waals surface area contributed by atoms with Crippen molar-refractivity contribution in [3.05, 3.63) is 95.3 Å². The van der Waals surface area contributed by atoms with Crippen LogP contribution in [0.15, 0.2) is 72.9 Å². The Morgan fingerprint density at radius 3 is 2.35 bits per heavy atom. The fourth-order valence-electron chi connectivity index (χ4n) is 3.99. The number of aromatic nitrogens is 1. The van der Waals surface area contributed by atoms with Crippen LogP contribution in [0.25, 0.3) is 0 Å². The molecule has 1 aromatic heterocycles. The molecular formula is C22H23N. The molecule has 0 fully saturated rings. The predicted molar refractivity (Wildman–Crippen MR) is 95.9 cm³/mol. The maximum Gasteiger partial charge on any atom is 0.0554 e. The lowest BCUT2D eigenvalue weighted by molar-refractivity contribution is 0.533. The van der Waals surface area contributed by atoms with Crippen molar-refractivity contribution < 1.29 is 0 Å². The van der Waals surface area contributed by atoms with Crippen LogP contribution in [0.3, 0.4) is 0 Å². The van der Waals surface area contributed by atoms with Crippen molar-refractivity contribution in [2.24, 2.45) is 0 Å². The summed E-state index contributed by atoms with van der Waals surface area (Å²) in [6, 6.07) is 24.5. The van der Waals surface area contributed by atoms with Crippen LogP contribution in [0.5, 0.6) is 0 Å². The first-order valence-corrected chi connectivity index (χ1v) is 8.64. The first kappa shape index (κ1) is 14.3. The quantitative estimate of drug-likeness (QED) is 0.596. The molecule has 2 atom stereocenters. The minimum Gasteiger partial charge on any atom is -0.343 e. The summed E-state index contributed by atoms with van der Waals surface area (Å²) < 4.78 is 2.50. The van der Waals surface area contributed by atoms with Gasteiger partial charge in [0.05, 0.1) is 6.04 Å². The number of benzene rings is 2. The van der Waals surface area contributed by atoms with E-state index in [1.807, 2.05) is 0 Å². The Balaban J connectivity index is 1.78. The van der Waals surface area contributed by atoms with E-state index in [4.69, 9.17) is 0 Å². The number of nitrogens with zero attached hydrogens (tertiary/aromatic N) is 1. The van der Waals surface area contributed by atoms with Gasteiger partial charge in [-0.05, 0) is 48.9 Å². The molecule has 1 nitrogen and oxygen atoms in total. The summed E-state index contributed by atoms with van der Waals surface area (Å²) >= 11 is 0. The Hall–Kier alpha value is -2.28. The smallest absolute Gasteiger partial charge is 0.0554 e. The highest BCUT2D eigenvalue weighted by atomic mass is 15.0. The minimum absolute atomic E-state index is 0.379. The van der Waals surface area contributed by atoms with Gasteiger partial charge in [-0.2, -0.15) is 0 Å². The SMILES string of the molecule is C[C@@H](c1ccccc1)n1ccc2c1[C@H](c1ccccc1)CCC2. The summed E-state index contributed by atoms with van der Waals surface area (Å²) in [5.74, 6) is 0.529. The van der Waals surface area contributed by atoms with Gasteiger partial charge >= 0.3 is 0 Å². The van der Waals surface area contributed by atoms with Crippen molar-refractivity contribution >= 4 is 0 Å². The molecule has 4 rings (SSSR count). The molecule has 0 N–H and O–H groups in total. The first-order chi connectivity index (χ1) is 11.3. The number of fused-ring (bicyclic) bond motifs is 1. The fraction of sp³-hybridized carbons (Fsp3) is 0.273. The normalized spacial score (nSPS) is 18.4. The topological polar surface area (TPSA) is 4.93 Å². The van der Waals surface area contributed by atoms with Crippen molar-refractivity contribution in [1.29, 1.82) is 0 Å². The maximum absolute atomic E-state index is 2.50. The van der Waals surface area contributed by atoms with Crippen LogP contribution in [-0.4, -0.2) is 4.57 Å². The second-order valence-electron chi connectivity index (χ2n) is 6.58. The Morgan fingerprint density at radius 1 is 0.913 bits per heavy atom. The molecule has 1 aliphatic rings. The summed E-state index contributed by atoms with van der Waals surface area (Å²) in [4.78, 5) is 0. The van der Waals surface area contributed by atoms with Crippen LogP contribution in [0.4, 0.5) is 0 Å². The minimum atomic E-state index is 0.379. The molecule has 23 heavy (non-hydrogen) atoms. The largest absolute Gasteiger partial charge is 0.343 e. The van der Waals surface area contributed by atoms with Crippen molar-refractivity contribution in [3.8, 4) is 0 Å². The Bertz CT molecular complexity index is 770. The van der Waals surface area contributed by atoms with E-state index in [-0.39, 0.29) is 0 Å². The number of aryl methyl sites for hydroxylation is 1. The number of hydrogen-bond donors (Lipinski definition) is 0. The molecule has 0 saturated carbocycles. The molecular weight excluding hydrogens is 278 g/mol. The first-order valence-electron chi connectivity index (χ1n) is 8.64. The maximum atomic E-state index is 2.50. The van der Waals surface area contributed by atoms with Crippen LogP contribution >= 0.6 is 0 Å². The molecule has 1 aliphatic carbocycles. The molecule has 0 unspecified atom stereocenters. The van der Waals surface area contributed by atoms with Gasteiger partial charge in [0.1, 0.15) is 0 Å². The third kappa shape index (κ3) is 2.61. The molecule has 0 amide bonds. The van der Waals surface area contributed by atoms with E-state index < -0.39 is 0 Å². The van der Waals surface area contributed by atoms with E-state index >= 15 is 0 Å². The van der Waals surface area contributed by atoms with E-state index in [2.05, 4.69) is 84.4 Å². The molecule has 0 aliphatic heterocycles.